The molecule has 0 aliphatic rings. The van der Waals surface area contributed by atoms with Crippen LogP contribution in [0.3, 0.4) is 0 Å². The van der Waals surface area contributed by atoms with Crippen LogP contribution in [-0.2, 0) is 11.0 Å². The van der Waals surface area contributed by atoms with Gasteiger partial charge in [-0.3, -0.25) is 4.79 Å². The van der Waals surface area contributed by atoms with E-state index in [0.717, 1.165) is 12.1 Å². The number of benzene rings is 1. The summed E-state index contributed by atoms with van der Waals surface area (Å²) in [5.41, 5.74) is 4.10. The molecule has 1 rings (SSSR count). The summed E-state index contributed by atoms with van der Waals surface area (Å²) in [5, 5.41) is 22.0. The lowest BCUT2D eigenvalue weighted by Gasteiger charge is -2.20. The van der Waals surface area contributed by atoms with Crippen LogP contribution in [0.15, 0.2) is 18.2 Å². The monoisotopic (exact) mass is 306 g/mol. The minimum absolute atomic E-state index is 0.00308. The van der Waals surface area contributed by atoms with Gasteiger partial charge in [-0.2, -0.15) is 13.2 Å². The largest absolute Gasteiger partial charge is 0.416 e. The molecule has 0 radical (unpaired) electrons. The molecule has 0 saturated heterocycles. The molecule has 21 heavy (non-hydrogen) atoms. The molecule has 8 heteroatoms. The van der Waals surface area contributed by atoms with E-state index in [2.05, 4.69) is 5.32 Å². The van der Waals surface area contributed by atoms with E-state index in [4.69, 9.17) is 5.73 Å². The molecule has 1 aromatic carbocycles. The lowest BCUT2D eigenvalue weighted by atomic mass is 9.99. The van der Waals surface area contributed by atoms with Gasteiger partial charge in [0.25, 0.3) is 0 Å². The maximum absolute atomic E-state index is 12.7. The highest BCUT2D eigenvalue weighted by atomic mass is 19.4. The maximum Gasteiger partial charge on any atom is 0.416 e. The predicted octanol–water partition coefficient (Wildman–Crippen LogP) is 1.21. The third-order valence-electron chi connectivity index (χ3n) is 2.83. The molecule has 5 nitrogen and oxygen atoms in total. The molecule has 1 aromatic rings. The first-order valence-electron chi connectivity index (χ1n) is 6.19. The Hall–Kier alpha value is -1.80. The number of amides is 1. The van der Waals surface area contributed by atoms with Gasteiger partial charge in [-0.1, -0.05) is 0 Å². The number of rotatable bonds is 5. The van der Waals surface area contributed by atoms with Gasteiger partial charge in [-0.15, -0.1) is 0 Å². The molecule has 2 atom stereocenters. The van der Waals surface area contributed by atoms with Crippen molar-refractivity contribution in [2.24, 2.45) is 0 Å². The summed E-state index contributed by atoms with van der Waals surface area (Å²) in [6, 6.07) is 2.66. The number of nitrogen functional groups attached to an aromatic ring is 1. The number of carbonyl (C=O) groups excluding carboxylic acids is 1. The standard InChI is InChI=1S/C13H17F3N2O3/c1-7(19)18-3-2-11(20)12(21)8-4-9(13(14,15)16)6-10(17)5-8/h4-6,11-12,20-21H,2-3,17H2,1H3,(H,18,19). The van der Waals surface area contributed by atoms with E-state index in [0.29, 0.717) is 0 Å². The SMILES string of the molecule is CC(=O)NCCC(O)C(O)c1cc(N)cc(C(F)(F)F)c1. The highest BCUT2D eigenvalue weighted by molar-refractivity contribution is 5.72. The average molecular weight is 306 g/mol. The van der Waals surface area contributed by atoms with Gasteiger partial charge < -0.3 is 21.3 Å². The highest BCUT2D eigenvalue weighted by Crippen LogP contribution is 2.33. The molecule has 1 amide bonds. The number of aliphatic hydroxyl groups is 2. The zero-order chi connectivity index (χ0) is 16.2. The molecule has 0 heterocycles. The predicted molar refractivity (Wildman–Crippen MR) is 70.1 cm³/mol. The van der Waals surface area contributed by atoms with Crippen molar-refractivity contribution in [3.8, 4) is 0 Å². The summed E-state index contributed by atoms with van der Waals surface area (Å²) in [4.78, 5) is 10.7. The number of hydrogen-bond donors (Lipinski definition) is 4. The second-order valence-electron chi connectivity index (χ2n) is 4.67. The van der Waals surface area contributed by atoms with Crippen LogP contribution in [-0.4, -0.2) is 28.8 Å². The van der Waals surface area contributed by atoms with Crippen LogP contribution >= 0.6 is 0 Å². The minimum atomic E-state index is -4.59. The molecule has 5 N–H and O–H groups in total. The van der Waals surface area contributed by atoms with Crippen molar-refractivity contribution in [3.63, 3.8) is 0 Å². The molecular formula is C13H17F3N2O3. The fourth-order valence-corrected chi connectivity index (χ4v) is 1.79. The van der Waals surface area contributed by atoms with Crippen molar-refractivity contribution in [1.29, 1.82) is 0 Å². The van der Waals surface area contributed by atoms with E-state index in [-0.39, 0.29) is 30.1 Å². The topological polar surface area (TPSA) is 95.6 Å². The molecule has 2 unspecified atom stereocenters. The number of halogens is 3. The average Bonchev–Trinajstić information content (AvgIpc) is 2.35. The molecule has 118 valence electrons. The zero-order valence-electron chi connectivity index (χ0n) is 11.3. The molecule has 0 bridgehead atoms. The van der Waals surface area contributed by atoms with Gasteiger partial charge in [-0.05, 0) is 30.2 Å². The number of hydrogen-bond acceptors (Lipinski definition) is 4. The Morgan fingerprint density at radius 1 is 1.33 bits per heavy atom. The van der Waals surface area contributed by atoms with Crippen LogP contribution in [0.4, 0.5) is 18.9 Å². The van der Waals surface area contributed by atoms with E-state index in [1.54, 1.807) is 0 Å². The van der Waals surface area contributed by atoms with Gasteiger partial charge in [0.1, 0.15) is 6.10 Å². The molecule has 0 fully saturated rings. The summed E-state index contributed by atoms with van der Waals surface area (Å²) in [6.07, 6.45) is -7.44. The van der Waals surface area contributed by atoms with E-state index in [9.17, 15) is 28.2 Å². The second-order valence-corrected chi connectivity index (χ2v) is 4.67. The van der Waals surface area contributed by atoms with Crippen LogP contribution in [0, 0.1) is 0 Å². The van der Waals surface area contributed by atoms with E-state index >= 15 is 0 Å². The van der Waals surface area contributed by atoms with Crippen LogP contribution in [0.25, 0.3) is 0 Å². The zero-order valence-corrected chi connectivity index (χ0v) is 11.3. The van der Waals surface area contributed by atoms with E-state index < -0.39 is 23.9 Å². The van der Waals surface area contributed by atoms with Gasteiger partial charge >= 0.3 is 6.18 Å². The third-order valence-corrected chi connectivity index (χ3v) is 2.83. The summed E-state index contributed by atoms with van der Waals surface area (Å²) in [6.45, 7) is 1.39. The highest BCUT2D eigenvalue weighted by Gasteiger charge is 2.32. The first kappa shape index (κ1) is 17.3. The van der Waals surface area contributed by atoms with Crippen LogP contribution < -0.4 is 11.1 Å². The Balaban J connectivity index is 2.84. The number of alkyl halides is 3. The van der Waals surface area contributed by atoms with Gasteiger partial charge in [0, 0.05) is 19.2 Å². The van der Waals surface area contributed by atoms with Crippen molar-refractivity contribution < 1.29 is 28.2 Å². The fraction of sp³-hybridized carbons (Fsp3) is 0.462. The second kappa shape index (κ2) is 6.77. The molecule has 0 aliphatic heterocycles. The number of nitrogens with two attached hydrogens (primary N) is 1. The van der Waals surface area contributed by atoms with Gasteiger partial charge in [-0.25, -0.2) is 0 Å². The summed E-state index contributed by atoms with van der Waals surface area (Å²) < 4.78 is 38.0. The summed E-state index contributed by atoms with van der Waals surface area (Å²) in [5.74, 6) is -0.306. The van der Waals surface area contributed by atoms with E-state index in [1.807, 2.05) is 0 Å². The Bertz CT molecular complexity index is 506. The van der Waals surface area contributed by atoms with E-state index in [1.165, 1.54) is 13.0 Å². The Labute approximate surface area is 119 Å². The van der Waals surface area contributed by atoms with Crippen molar-refractivity contribution in [1.82, 2.24) is 5.32 Å². The molecule has 0 saturated carbocycles. The van der Waals surface area contributed by atoms with Crippen LogP contribution in [0.1, 0.15) is 30.6 Å². The van der Waals surface area contributed by atoms with Crippen LogP contribution in [0.2, 0.25) is 0 Å². The lowest BCUT2D eigenvalue weighted by molar-refractivity contribution is -0.137. The number of carbonyl (C=O) groups is 1. The maximum atomic E-state index is 12.7. The third kappa shape index (κ3) is 5.24. The van der Waals surface area contributed by atoms with Crippen molar-refractivity contribution in [2.45, 2.75) is 31.7 Å². The quantitative estimate of drug-likeness (QED) is 0.615. The van der Waals surface area contributed by atoms with Crippen molar-refractivity contribution >= 4 is 11.6 Å². The lowest BCUT2D eigenvalue weighted by Crippen LogP contribution is -2.27. The normalized spacial score (nSPS) is 14.6. The van der Waals surface area contributed by atoms with Crippen molar-refractivity contribution in [3.05, 3.63) is 29.3 Å². The Morgan fingerprint density at radius 2 is 1.95 bits per heavy atom. The summed E-state index contributed by atoms with van der Waals surface area (Å²) >= 11 is 0. The van der Waals surface area contributed by atoms with Gasteiger partial charge in [0.15, 0.2) is 0 Å². The van der Waals surface area contributed by atoms with Gasteiger partial charge in [0.05, 0.1) is 11.7 Å². The summed E-state index contributed by atoms with van der Waals surface area (Å²) in [7, 11) is 0. The van der Waals surface area contributed by atoms with Crippen molar-refractivity contribution in [2.75, 3.05) is 12.3 Å². The minimum Gasteiger partial charge on any atom is -0.399 e. The molecule has 0 spiro atoms. The number of aliphatic hydroxyl groups excluding tert-OH is 2. The molecule has 0 aliphatic carbocycles. The molecular weight excluding hydrogens is 289 g/mol. The smallest absolute Gasteiger partial charge is 0.399 e. The number of anilines is 1. The van der Waals surface area contributed by atoms with Gasteiger partial charge in [0.2, 0.25) is 5.91 Å². The number of nitrogens with one attached hydrogen (secondary N) is 1. The fourth-order valence-electron chi connectivity index (χ4n) is 1.79. The first-order valence-corrected chi connectivity index (χ1v) is 6.19. The molecule has 0 aromatic heterocycles. The Kier molecular flexibility index (Phi) is 5.56. The first-order chi connectivity index (χ1) is 9.61. The Morgan fingerprint density at radius 3 is 2.48 bits per heavy atom. The van der Waals surface area contributed by atoms with Crippen LogP contribution in [0.5, 0.6) is 0 Å².